The highest BCUT2D eigenvalue weighted by molar-refractivity contribution is 7.88. The van der Waals surface area contributed by atoms with Gasteiger partial charge < -0.3 is 4.74 Å². The van der Waals surface area contributed by atoms with Gasteiger partial charge in [-0.1, -0.05) is 26.0 Å². The van der Waals surface area contributed by atoms with Crippen LogP contribution in [-0.4, -0.2) is 37.9 Å². The molecule has 0 heterocycles. The summed E-state index contributed by atoms with van der Waals surface area (Å²) in [4.78, 5) is 11.4. The Bertz CT molecular complexity index is 648. The molecule has 5 nitrogen and oxygen atoms in total. The second kappa shape index (κ2) is 7.01. The van der Waals surface area contributed by atoms with Crippen molar-refractivity contribution in [2.45, 2.75) is 51.4 Å². The van der Waals surface area contributed by atoms with Crippen LogP contribution in [-0.2, 0) is 20.5 Å². The molecule has 0 spiro atoms. The van der Waals surface area contributed by atoms with Crippen molar-refractivity contribution < 1.29 is 17.9 Å². The Balaban J connectivity index is 2.17. The lowest BCUT2D eigenvalue weighted by molar-refractivity contribution is 0.0600. The van der Waals surface area contributed by atoms with Crippen molar-refractivity contribution >= 4 is 16.0 Å². The Morgan fingerprint density at radius 2 is 1.78 bits per heavy atom. The molecule has 1 aromatic carbocycles. The Morgan fingerprint density at radius 1 is 1.22 bits per heavy atom. The molecule has 1 atom stereocenters. The first-order valence-corrected chi connectivity index (χ1v) is 9.55. The van der Waals surface area contributed by atoms with E-state index < -0.39 is 16.0 Å². The number of methoxy groups -OCH3 is 1. The number of rotatable bonds is 7. The van der Waals surface area contributed by atoms with E-state index in [0.717, 1.165) is 12.8 Å². The summed E-state index contributed by atoms with van der Waals surface area (Å²) in [5.74, 6) is -0.193. The molecular formula is C17H25NO4S. The number of hydrogen-bond acceptors (Lipinski definition) is 4. The van der Waals surface area contributed by atoms with Crippen LogP contribution in [0.1, 0.15) is 49.5 Å². The molecule has 1 aliphatic carbocycles. The fourth-order valence-corrected chi connectivity index (χ4v) is 4.75. The van der Waals surface area contributed by atoms with Gasteiger partial charge in [0.25, 0.3) is 0 Å². The minimum atomic E-state index is -3.38. The minimum absolute atomic E-state index is 0.0122. The van der Waals surface area contributed by atoms with Crippen LogP contribution in [0.5, 0.6) is 0 Å². The standard InChI is InChI=1S/C17H25NO4S/c1-12(2)13(3)18(16-9-10-16)23(20,21)11-14-5-7-15(8-6-14)17(19)22-4/h5-8,12-13,16H,9-11H2,1-4H3. The lowest BCUT2D eigenvalue weighted by Gasteiger charge is -2.31. The van der Waals surface area contributed by atoms with E-state index in [-0.39, 0.29) is 23.8 Å². The van der Waals surface area contributed by atoms with Crippen LogP contribution in [0.3, 0.4) is 0 Å². The maximum Gasteiger partial charge on any atom is 0.337 e. The molecule has 1 unspecified atom stereocenters. The number of benzene rings is 1. The summed E-state index contributed by atoms with van der Waals surface area (Å²) in [7, 11) is -2.06. The lowest BCUT2D eigenvalue weighted by atomic mass is 10.1. The molecule has 0 radical (unpaired) electrons. The van der Waals surface area contributed by atoms with E-state index in [0.29, 0.717) is 11.1 Å². The van der Waals surface area contributed by atoms with Crippen molar-refractivity contribution in [1.29, 1.82) is 0 Å². The van der Waals surface area contributed by atoms with Gasteiger partial charge in [0.2, 0.25) is 10.0 Å². The predicted molar refractivity (Wildman–Crippen MR) is 89.6 cm³/mol. The largest absolute Gasteiger partial charge is 0.465 e. The summed E-state index contributed by atoms with van der Waals surface area (Å²) >= 11 is 0. The number of ether oxygens (including phenoxy) is 1. The molecule has 1 aliphatic rings. The van der Waals surface area contributed by atoms with E-state index in [1.165, 1.54) is 7.11 Å². The third kappa shape index (κ3) is 4.32. The second-order valence-corrected chi connectivity index (χ2v) is 8.36. The fourth-order valence-electron chi connectivity index (χ4n) is 2.58. The molecule has 0 saturated heterocycles. The maximum absolute atomic E-state index is 12.8. The average Bonchev–Trinajstić information content (AvgIpc) is 3.31. The van der Waals surface area contributed by atoms with E-state index in [4.69, 9.17) is 0 Å². The van der Waals surface area contributed by atoms with E-state index in [1.807, 2.05) is 20.8 Å². The third-order valence-corrected chi connectivity index (χ3v) is 6.29. The van der Waals surface area contributed by atoms with Crippen molar-refractivity contribution in [2.24, 2.45) is 5.92 Å². The Labute approximate surface area is 138 Å². The highest BCUT2D eigenvalue weighted by atomic mass is 32.2. The Hall–Kier alpha value is -1.40. The van der Waals surface area contributed by atoms with Gasteiger partial charge in [0, 0.05) is 12.1 Å². The molecule has 0 amide bonds. The van der Waals surface area contributed by atoms with Gasteiger partial charge in [-0.25, -0.2) is 13.2 Å². The summed E-state index contributed by atoms with van der Waals surface area (Å²) < 4.78 is 32.0. The number of hydrogen-bond donors (Lipinski definition) is 0. The van der Waals surface area contributed by atoms with Crippen LogP contribution in [0.4, 0.5) is 0 Å². The molecule has 0 N–H and O–H groups in total. The smallest absolute Gasteiger partial charge is 0.337 e. The molecule has 6 heteroatoms. The van der Waals surface area contributed by atoms with Gasteiger partial charge in [-0.05, 0) is 43.4 Å². The number of nitrogens with zero attached hydrogens (tertiary/aromatic N) is 1. The van der Waals surface area contributed by atoms with Crippen LogP contribution in [0.2, 0.25) is 0 Å². The predicted octanol–water partition coefficient (Wildman–Crippen LogP) is 2.81. The van der Waals surface area contributed by atoms with Crippen LogP contribution >= 0.6 is 0 Å². The van der Waals surface area contributed by atoms with Crippen LogP contribution in [0.15, 0.2) is 24.3 Å². The molecular weight excluding hydrogens is 314 g/mol. The molecule has 1 aromatic rings. The normalized spacial score (nSPS) is 16.6. The van der Waals surface area contributed by atoms with E-state index in [9.17, 15) is 13.2 Å². The van der Waals surface area contributed by atoms with Gasteiger partial charge in [0.15, 0.2) is 0 Å². The van der Waals surface area contributed by atoms with Gasteiger partial charge in [-0.15, -0.1) is 0 Å². The molecule has 0 aliphatic heterocycles. The molecule has 1 fully saturated rings. The van der Waals surface area contributed by atoms with E-state index in [2.05, 4.69) is 4.74 Å². The summed E-state index contributed by atoms with van der Waals surface area (Å²) in [6.07, 6.45) is 1.88. The van der Waals surface area contributed by atoms with Gasteiger partial charge in [-0.2, -0.15) is 4.31 Å². The zero-order chi connectivity index (χ0) is 17.2. The molecule has 128 valence electrons. The number of carbonyl (C=O) groups is 1. The van der Waals surface area contributed by atoms with Crippen molar-refractivity contribution in [3.8, 4) is 0 Å². The van der Waals surface area contributed by atoms with Crippen molar-refractivity contribution in [2.75, 3.05) is 7.11 Å². The zero-order valence-electron chi connectivity index (χ0n) is 14.2. The molecule has 23 heavy (non-hydrogen) atoms. The topological polar surface area (TPSA) is 63.7 Å². The SMILES string of the molecule is COC(=O)c1ccc(CS(=O)(=O)N(C2CC2)C(C)C(C)C)cc1. The van der Waals surface area contributed by atoms with Crippen molar-refractivity contribution in [3.63, 3.8) is 0 Å². The third-order valence-electron chi connectivity index (χ3n) is 4.32. The summed E-state index contributed by atoms with van der Waals surface area (Å²) in [5.41, 5.74) is 1.10. The summed E-state index contributed by atoms with van der Waals surface area (Å²) in [6.45, 7) is 6.06. The van der Waals surface area contributed by atoms with Gasteiger partial charge in [0.05, 0.1) is 18.4 Å². The van der Waals surface area contributed by atoms with Gasteiger partial charge in [0.1, 0.15) is 0 Å². The fraction of sp³-hybridized carbons (Fsp3) is 0.588. The first-order chi connectivity index (χ1) is 10.8. The molecule has 2 rings (SSSR count). The molecule has 1 saturated carbocycles. The van der Waals surface area contributed by atoms with Gasteiger partial charge >= 0.3 is 5.97 Å². The number of carbonyl (C=O) groups excluding carboxylic acids is 1. The average molecular weight is 339 g/mol. The summed E-state index contributed by atoms with van der Waals surface area (Å²) in [5, 5.41) is 0. The Kier molecular flexibility index (Phi) is 5.47. The lowest BCUT2D eigenvalue weighted by Crippen LogP contribution is -2.43. The second-order valence-electron chi connectivity index (χ2n) is 6.49. The van der Waals surface area contributed by atoms with Crippen LogP contribution in [0.25, 0.3) is 0 Å². The quantitative estimate of drug-likeness (QED) is 0.717. The molecule has 0 bridgehead atoms. The Morgan fingerprint density at radius 3 is 2.22 bits per heavy atom. The minimum Gasteiger partial charge on any atom is -0.465 e. The van der Waals surface area contributed by atoms with Crippen molar-refractivity contribution in [3.05, 3.63) is 35.4 Å². The van der Waals surface area contributed by atoms with E-state index in [1.54, 1.807) is 28.6 Å². The first kappa shape index (κ1) is 17.9. The maximum atomic E-state index is 12.8. The summed E-state index contributed by atoms with van der Waals surface area (Å²) in [6, 6.07) is 6.69. The monoisotopic (exact) mass is 339 g/mol. The number of sulfonamides is 1. The first-order valence-electron chi connectivity index (χ1n) is 7.94. The molecule has 0 aromatic heterocycles. The highest BCUT2D eigenvalue weighted by Gasteiger charge is 2.40. The van der Waals surface area contributed by atoms with E-state index >= 15 is 0 Å². The van der Waals surface area contributed by atoms with Crippen LogP contribution in [0, 0.1) is 5.92 Å². The zero-order valence-corrected chi connectivity index (χ0v) is 15.0. The van der Waals surface area contributed by atoms with Crippen LogP contribution < -0.4 is 0 Å². The van der Waals surface area contributed by atoms with Crippen molar-refractivity contribution in [1.82, 2.24) is 4.31 Å². The highest BCUT2D eigenvalue weighted by Crippen LogP contribution is 2.34. The number of esters is 1. The van der Waals surface area contributed by atoms with Gasteiger partial charge in [-0.3, -0.25) is 0 Å².